The van der Waals surface area contributed by atoms with Crippen molar-refractivity contribution in [1.82, 2.24) is 10.2 Å². The lowest BCUT2D eigenvalue weighted by atomic mass is 9.96. The summed E-state index contributed by atoms with van der Waals surface area (Å²) in [5, 5.41) is 4.47. The van der Waals surface area contributed by atoms with Gasteiger partial charge in [0, 0.05) is 36.7 Å². The molecule has 32 heavy (non-hydrogen) atoms. The lowest BCUT2D eigenvalue weighted by Crippen LogP contribution is -2.39. The molecule has 3 N–H and O–H groups in total. The van der Waals surface area contributed by atoms with E-state index in [1.165, 1.54) is 7.11 Å². The van der Waals surface area contributed by atoms with E-state index in [1.807, 2.05) is 0 Å². The number of carbonyl (C=O) groups is 1. The van der Waals surface area contributed by atoms with Gasteiger partial charge in [-0.3, -0.25) is 4.79 Å². The van der Waals surface area contributed by atoms with E-state index >= 15 is 0 Å². The fourth-order valence-electron chi connectivity index (χ4n) is 3.59. The molecule has 1 fully saturated rings. The van der Waals surface area contributed by atoms with Gasteiger partial charge in [-0.25, -0.2) is 0 Å². The van der Waals surface area contributed by atoms with Crippen LogP contribution < -0.4 is 20.5 Å². The van der Waals surface area contributed by atoms with E-state index in [4.69, 9.17) is 50.0 Å². The Morgan fingerprint density at radius 2 is 1.91 bits per heavy atom. The molecule has 6 nitrogen and oxygen atoms in total. The van der Waals surface area contributed by atoms with Gasteiger partial charge in [0.2, 0.25) is 0 Å². The summed E-state index contributed by atoms with van der Waals surface area (Å²) in [6.45, 7) is 3.83. The van der Waals surface area contributed by atoms with E-state index < -0.39 is 0 Å². The number of methoxy groups -OCH3 is 1. The Morgan fingerprint density at radius 3 is 2.62 bits per heavy atom. The number of anilines is 1. The average Bonchev–Trinajstić information content (AvgIpc) is 2.79. The van der Waals surface area contributed by atoms with Crippen molar-refractivity contribution in [3.8, 4) is 11.5 Å². The number of nitrogens with one attached hydrogen (secondary N) is 1. The molecule has 0 unspecified atom stereocenters. The van der Waals surface area contributed by atoms with Crippen LogP contribution in [-0.2, 0) is 0 Å². The van der Waals surface area contributed by atoms with Gasteiger partial charge in [-0.1, -0.05) is 34.8 Å². The minimum Gasteiger partial charge on any atom is -0.496 e. The van der Waals surface area contributed by atoms with Gasteiger partial charge in [0.05, 0.1) is 35.0 Å². The zero-order valence-electron chi connectivity index (χ0n) is 17.9. The maximum Gasteiger partial charge on any atom is 0.255 e. The number of benzene rings is 2. The predicted molar refractivity (Wildman–Crippen MR) is 130 cm³/mol. The first kappa shape index (κ1) is 24.8. The lowest BCUT2D eigenvalue weighted by molar-refractivity contribution is 0.0934. The first-order chi connectivity index (χ1) is 15.4. The fraction of sp³-hybridized carbons (Fsp3) is 0.391. The topological polar surface area (TPSA) is 76.8 Å². The monoisotopic (exact) mass is 498 g/mol. The van der Waals surface area contributed by atoms with Crippen LogP contribution in [0.3, 0.4) is 0 Å². The van der Waals surface area contributed by atoms with Crippen LogP contribution in [0.1, 0.15) is 23.2 Å². The van der Waals surface area contributed by atoms with Crippen molar-refractivity contribution in [3.63, 3.8) is 0 Å². The van der Waals surface area contributed by atoms with E-state index in [9.17, 15) is 4.79 Å². The first-order valence-electron chi connectivity index (χ1n) is 10.4. The van der Waals surface area contributed by atoms with E-state index in [0.29, 0.717) is 56.9 Å². The second-order valence-corrected chi connectivity index (χ2v) is 8.95. The molecular formula is C23H27Cl3N3O3. The maximum absolute atomic E-state index is 12.6. The van der Waals surface area contributed by atoms with Crippen molar-refractivity contribution >= 4 is 46.4 Å². The molecule has 2 aromatic rings. The number of hydrogen-bond acceptors (Lipinski definition) is 5. The lowest BCUT2D eigenvalue weighted by Gasteiger charge is -2.32. The van der Waals surface area contributed by atoms with Crippen LogP contribution >= 0.6 is 34.8 Å². The summed E-state index contributed by atoms with van der Waals surface area (Å²) in [6, 6.07) is 8.28. The number of ether oxygens (including phenoxy) is 2. The third kappa shape index (κ3) is 6.82. The SMILES string of the molecule is COc1cc(N)c(Cl)cc1C(=O)NCC1CCN(C[CH]COc2cc(Cl)ccc2Cl)CC1. The molecule has 1 saturated heterocycles. The Bertz CT molecular complexity index is 934. The molecule has 0 aliphatic carbocycles. The summed E-state index contributed by atoms with van der Waals surface area (Å²) in [5.74, 6) is 1.21. The largest absolute Gasteiger partial charge is 0.496 e. The normalized spacial score (nSPS) is 14.9. The van der Waals surface area contributed by atoms with Gasteiger partial charge < -0.3 is 25.4 Å². The Morgan fingerprint density at radius 1 is 1.16 bits per heavy atom. The van der Waals surface area contributed by atoms with E-state index in [2.05, 4.69) is 16.6 Å². The molecule has 9 heteroatoms. The molecule has 2 aromatic carbocycles. The number of nitrogens with two attached hydrogens (primary N) is 1. The van der Waals surface area contributed by atoms with Gasteiger partial charge >= 0.3 is 0 Å². The highest BCUT2D eigenvalue weighted by Crippen LogP contribution is 2.29. The van der Waals surface area contributed by atoms with Crippen molar-refractivity contribution in [3.05, 3.63) is 57.4 Å². The number of amides is 1. The van der Waals surface area contributed by atoms with Crippen LogP contribution in [0, 0.1) is 12.3 Å². The molecule has 0 spiro atoms. The van der Waals surface area contributed by atoms with Crippen molar-refractivity contribution in [1.29, 1.82) is 0 Å². The number of rotatable bonds is 9. The number of hydrogen-bond donors (Lipinski definition) is 2. The molecule has 0 aromatic heterocycles. The maximum atomic E-state index is 12.6. The summed E-state index contributed by atoms with van der Waals surface area (Å²) in [6.07, 6.45) is 4.10. The third-order valence-electron chi connectivity index (χ3n) is 5.46. The Balaban J connectivity index is 1.37. The summed E-state index contributed by atoms with van der Waals surface area (Å²) in [5.41, 5.74) is 6.55. The van der Waals surface area contributed by atoms with Crippen LogP contribution in [0.25, 0.3) is 0 Å². The van der Waals surface area contributed by atoms with Crippen LogP contribution in [-0.4, -0.2) is 50.7 Å². The van der Waals surface area contributed by atoms with Crippen LogP contribution in [0.15, 0.2) is 30.3 Å². The predicted octanol–water partition coefficient (Wildman–Crippen LogP) is 4.96. The van der Waals surface area contributed by atoms with Gasteiger partial charge in [-0.05, 0) is 50.0 Å². The summed E-state index contributed by atoms with van der Waals surface area (Å²) in [7, 11) is 1.50. The highest BCUT2D eigenvalue weighted by atomic mass is 35.5. The van der Waals surface area contributed by atoms with Gasteiger partial charge in [-0.15, -0.1) is 0 Å². The standard InChI is InChI=1S/C23H27Cl3N3O3/c1-31-21-13-20(27)19(26)12-17(21)23(30)28-14-15-5-8-29(9-6-15)7-2-10-32-22-11-16(24)3-4-18(22)25/h2-4,11-13,15H,5-10,14,27H2,1H3,(H,28,30). The van der Waals surface area contributed by atoms with Crippen molar-refractivity contribution in [2.75, 3.05) is 45.6 Å². The second-order valence-electron chi connectivity index (χ2n) is 7.70. The molecule has 0 atom stereocenters. The van der Waals surface area contributed by atoms with E-state index in [0.717, 1.165) is 32.5 Å². The van der Waals surface area contributed by atoms with Gasteiger partial charge in [0.1, 0.15) is 11.5 Å². The highest BCUT2D eigenvalue weighted by Gasteiger charge is 2.21. The van der Waals surface area contributed by atoms with Crippen LogP contribution in [0.4, 0.5) is 5.69 Å². The molecule has 1 heterocycles. The number of piperidine rings is 1. The summed E-state index contributed by atoms with van der Waals surface area (Å²) >= 11 is 18.1. The molecule has 173 valence electrons. The number of likely N-dealkylation sites (tertiary alicyclic amines) is 1. The second kappa shape index (κ2) is 11.8. The molecule has 0 bridgehead atoms. The third-order valence-corrected chi connectivity index (χ3v) is 6.33. The number of nitrogens with zero attached hydrogens (tertiary/aromatic N) is 1. The molecule has 1 amide bonds. The van der Waals surface area contributed by atoms with Crippen LogP contribution in [0.5, 0.6) is 11.5 Å². The Kier molecular flexibility index (Phi) is 9.17. The zero-order valence-corrected chi connectivity index (χ0v) is 20.1. The molecule has 1 radical (unpaired) electrons. The zero-order chi connectivity index (χ0) is 23.1. The van der Waals surface area contributed by atoms with Crippen molar-refractivity contribution in [2.24, 2.45) is 5.92 Å². The van der Waals surface area contributed by atoms with Gasteiger partial charge in [0.25, 0.3) is 5.91 Å². The minimum atomic E-state index is -0.212. The summed E-state index contributed by atoms with van der Waals surface area (Å²) in [4.78, 5) is 15.0. The molecule has 3 rings (SSSR count). The molecule has 1 aliphatic heterocycles. The van der Waals surface area contributed by atoms with E-state index in [-0.39, 0.29) is 5.91 Å². The fourth-order valence-corrected chi connectivity index (χ4v) is 4.09. The summed E-state index contributed by atoms with van der Waals surface area (Å²) < 4.78 is 11.0. The van der Waals surface area contributed by atoms with Crippen LogP contribution in [0.2, 0.25) is 15.1 Å². The minimum absolute atomic E-state index is 0.212. The number of nitrogen functional groups attached to an aromatic ring is 1. The quantitative estimate of drug-likeness (QED) is 0.377. The van der Waals surface area contributed by atoms with Crippen molar-refractivity contribution in [2.45, 2.75) is 12.8 Å². The molecule has 0 saturated carbocycles. The van der Waals surface area contributed by atoms with Crippen molar-refractivity contribution < 1.29 is 14.3 Å². The van der Waals surface area contributed by atoms with Gasteiger partial charge in [-0.2, -0.15) is 0 Å². The molecule has 1 aliphatic rings. The highest BCUT2D eigenvalue weighted by molar-refractivity contribution is 6.34. The number of carbonyl (C=O) groups excluding carboxylic acids is 1. The smallest absolute Gasteiger partial charge is 0.255 e. The first-order valence-corrected chi connectivity index (χ1v) is 11.5. The van der Waals surface area contributed by atoms with Gasteiger partial charge in [0.15, 0.2) is 0 Å². The number of halogens is 3. The average molecular weight is 500 g/mol. The van der Waals surface area contributed by atoms with E-state index in [1.54, 1.807) is 30.3 Å². The Hall–Kier alpha value is -1.86. The Labute approximate surface area is 203 Å². The molecular weight excluding hydrogens is 473 g/mol.